The number of benzene rings is 2. The fourth-order valence-corrected chi connectivity index (χ4v) is 4.24. The van der Waals surface area contributed by atoms with Gasteiger partial charge in [0.2, 0.25) is 4.96 Å². The average Bonchev–Trinajstić information content (AvgIpc) is 3.42. The van der Waals surface area contributed by atoms with Crippen LogP contribution in [0, 0.1) is 0 Å². The molecule has 140 valence electrons. The number of hydrogen-bond acceptors (Lipinski definition) is 6. The lowest BCUT2D eigenvalue weighted by Crippen LogP contribution is -1.97. The second-order valence-electron chi connectivity index (χ2n) is 6.41. The summed E-state index contributed by atoms with van der Waals surface area (Å²) in [5, 5.41) is 18.8. The van der Waals surface area contributed by atoms with E-state index >= 15 is 0 Å². The highest BCUT2D eigenvalue weighted by Crippen LogP contribution is 2.30. The molecular weight excluding hydrogens is 372 g/mol. The van der Waals surface area contributed by atoms with Crippen molar-refractivity contribution in [3.8, 4) is 17.1 Å². The van der Waals surface area contributed by atoms with Crippen LogP contribution in [0.2, 0.25) is 0 Å². The quantitative estimate of drug-likeness (QED) is 0.475. The summed E-state index contributed by atoms with van der Waals surface area (Å²) in [5.41, 5.74) is 4.24. The van der Waals surface area contributed by atoms with Crippen LogP contribution >= 0.6 is 11.3 Å². The van der Waals surface area contributed by atoms with Gasteiger partial charge in [-0.25, -0.2) is 0 Å². The van der Waals surface area contributed by atoms with Crippen LogP contribution < -0.4 is 10.1 Å². The normalized spacial score (nSPS) is 11.4. The molecule has 8 heteroatoms. The van der Waals surface area contributed by atoms with Crippen LogP contribution in [0.1, 0.15) is 10.6 Å². The van der Waals surface area contributed by atoms with Gasteiger partial charge in [-0.1, -0.05) is 23.5 Å². The molecule has 0 atom stereocenters. The Bertz CT molecular complexity index is 1280. The van der Waals surface area contributed by atoms with E-state index in [2.05, 4.69) is 26.6 Å². The summed E-state index contributed by atoms with van der Waals surface area (Å²) in [6.45, 7) is 0. The fourth-order valence-electron chi connectivity index (χ4n) is 3.39. The molecule has 0 radical (unpaired) electrons. The van der Waals surface area contributed by atoms with Gasteiger partial charge in [0.15, 0.2) is 5.82 Å². The zero-order chi connectivity index (χ0) is 19.1. The highest BCUT2D eigenvalue weighted by atomic mass is 32.1. The molecule has 28 heavy (non-hydrogen) atoms. The number of H-pyrrole nitrogens is 1. The van der Waals surface area contributed by atoms with E-state index in [0.717, 1.165) is 43.7 Å². The summed E-state index contributed by atoms with van der Waals surface area (Å²) in [6.07, 6.45) is 2.75. The Morgan fingerprint density at radius 3 is 2.93 bits per heavy atom. The highest BCUT2D eigenvalue weighted by molar-refractivity contribution is 7.16. The van der Waals surface area contributed by atoms with Crippen molar-refractivity contribution in [2.45, 2.75) is 6.42 Å². The number of rotatable bonds is 5. The molecule has 0 saturated carbocycles. The van der Waals surface area contributed by atoms with E-state index in [1.54, 1.807) is 18.4 Å². The van der Waals surface area contributed by atoms with Crippen molar-refractivity contribution in [3.63, 3.8) is 0 Å². The number of aromatic amines is 1. The third-order valence-corrected chi connectivity index (χ3v) is 5.69. The van der Waals surface area contributed by atoms with Crippen molar-refractivity contribution in [2.24, 2.45) is 0 Å². The monoisotopic (exact) mass is 390 g/mol. The molecule has 3 aromatic heterocycles. The summed E-state index contributed by atoms with van der Waals surface area (Å²) in [7, 11) is 3.58. The lowest BCUT2D eigenvalue weighted by Gasteiger charge is -2.05. The van der Waals surface area contributed by atoms with Gasteiger partial charge in [-0.3, -0.25) is 0 Å². The van der Waals surface area contributed by atoms with Crippen LogP contribution in [0.5, 0.6) is 5.75 Å². The number of ether oxygens (including phenoxy) is 1. The summed E-state index contributed by atoms with van der Waals surface area (Å²) >= 11 is 1.56. The van der Waals surface area contributed by atoms with Crippen LogP contribution in [-0.4, -0.2) is 39.0 Å². The van der Waals surface area contributed by atoms with Gasteiger partial charge in [0.1, 0.15) is 10.8 Å². The third kappa shape index (κ3) is 2.69. The Balaban J connectivity index is 1.54. The van der Waals surface area contributed by atoms with E-state index in [0.29, 0.717) is 6.42 Å². The molecule has 0 fully saturated rings. The molecule has 3 heterocycles. The Morgan fingerprint density at radius 2 is 2.07 bits per heavy atom. The molecule has 0 saturated heterocycles. The first-order valence-corrected chi connectivity index (χ1v) is 9.70. The molecule has 5 aromatic rings. The van der Waals surface area contributed by atoms with Gasteiger partial charge in [-0.15, -0.1) is 10.2 Å². The predicted octanol–water partition coefficient (Wildman–Crippen LogP) is 3.98. The molecule has 0 bridgehead atoms. The minimum atomic E-state index is 0.717. The lowest BCUT2D eigenvalue weighted by atomic mass is 10.1. The van der Waals surface area contributed by atoms with Crippen LogP contribution in [0.3, 0.4) is 0 Å². The van der Waals surface area contributed by atoms with E-state index in [1.807, 2.05) is 54.2 Å². The number of aromatic nitrogens is 5. The Labute approximate surface area is 165 Å². The van der Waals surface area contributed by atoms with Gasteiger partial charge < -0.3 is 15.0 Å². The Morgan fingerprint density at radius 1 is 1.18 bits per heavy atom. The van der Waals surface area contributed by atoms with Crippen LogP contribution in [0.4, 0.5) is 5.69 Å². The van der Waals surface area contributed by atoms with Crippen molar-refractivity contribution in [3.05, 3.63) is 59.2 Å². The van der Waals surface area contributed by atoms with Crippen molar-refractivity contribution in [1.82, 2.24) is 24.8 Å². The van der Waals surface area contributed by atoms with Gasteiger partial charge >= 0.3 is 0 Å². The molecule has 0 amide bonds. The predicted molar refractivity (Wildman–Crippen MR) is 111 cm³/mol. The van der Waals surface area contributed by atoms with Gasteiger partial charge in [-0.05, 0) is 35.9 Å². The van der Waals surface area contributed by atoms with Crippen molar-refractivity contribution in [2.75, 3.05) is 19.5 Å². The van der Waals surface area contributed by atoms with E-state index in [-0.39, 0.29) is 0 Å². The molecule has 0 aliphatic rings. The summed E-state index contributed by atoms with van der Waals surface area (Å²) in [6, 6.07) is 14.1. The number of nitrogens with zero attached hydrogens (tertiary/aromatic N) is 4. The maximum atomic E-state index is 5.36. The fraction of sp³-hybridized carbons (Fsp3) is 0.150. The number of para-hydroxylation sites is 1. The minimum Gasteiger partial charge on any atom is -0.497 e. The maximum absolute atomic E-state index is 5.36. The molecule has 2 aromatic carbocycles. The van der Waals surface area contributed by atoms with Crippen LogP contribution in [0.15, 0.2) is 48.7 Å². The van der Waals surface area contributed by atoms with E-state index < -0.39 is 0 Å². The largest absolute Gasteiger partial charge is 0.497 e. The number of nitrogens with one attached hydrogen (secondary N) is 2. The summed E-state index contributed by atoms with van der Waals surface area (Å²) in [4.78, 5) is 4.10. The first kappa shape index (κ1) is 16.8. The van der Waals surface area contributed by atoms with Crippen molar-refractivity contribution < 1.29 is 4.74 Å². The molecule has 0 spiro atoms. The SMILES string of the molecule is CNc1ccccc1-c1nnc2sc(Cc3c[nH]c4ccc(OC)cc34)nn12. The average molecular weight is 390 g/mol. The molecular formula is C20H18N6OS. The van der Waals surface area contributed by atoms with E-state index in [9.17, 15) is 0 Å². The molecule has 7 nitrogen and oxygen atoms in total. The highest BCUT2D eigenvalue weighted by Gasteiger charge is 2.16. The first-order valence-electron chi connectivity index (χ1n) is 8.89. The van der Waals surface area contributed by atoms with Crippen molar-refractivity contribution >= 4 is 32.9 Å². The van der Waals surface area contributed by atoms with E-state index in [1.165, 1.54) is 5.56 Å². The summed E-state index contributed by atoms with van der Waals surface area (Å²) in [5.74, 6) is 1.58. The molecule has 5 rings (SSSR count). The minimum absolute atomic E-state index is 0.717. The van der Waals surface area contributed by atoms with Gasteiger partial charge in [0.25, 0.3) is 0 Å². The molecule has 2 N–H and O–H groups in total. The Hall–Kier alpha value is -3.39. The van der Waals surface area contributed by atoms with E-state index in [4.69, 9.17) is 9.84 Å². The molecule has 0 aliphatic heterocycles. The van der Waals surface area contributed by atoms with Crippen LogP contribution in [0.25, 0.3) is 27.3 Å². The topological polar surface area (TPSA) is 80.1 Å². The van der Waals surface area contributed by atoms with Gasteiger partial charge in [0.05, 0.1) is 7.11 Å². The second-order valence-corrected chi connectivity index (χ2v) is 7.45. The summed E-state index contributed by atoms with van der Waals surface area (Å²) < 4.78 is 7.19. The standard InChI is InChI=1S/C20H18N6OS/c1-21-16-6-4-3-5-14(16)19-23-24-20-26(19)25-18(28-20)9-12-11-22-17-8-7-13(27-2)10-15(12)17/h3-8,10-11,21-22H,9H2,1-2H3. The van der Waals surface area contributed by atoms with Gasteiger partial charge in [0, 0.05) is 41.8 Å². The lowest BCUT2D eigenvalue weighted by molar-refractivity contribution is 0.415. The zero-order valence-corrected chi connectivity index (χ0v) is 16.2. The smallest absolute Gasteiger partial charge is 0.234 e. The third-order valence-electron chi connectivity index (χ3n) is 4.79. The number of methoxy groups -OCH3 is 1. The first-order chi connectivity index (χ1) is 13.8. The maximum Gasteiger partial charge on any atom is 0.234 e. The van der Waals surface area contributed by atoms with Crippen LogP contribution in [-0.2, 0) is 6.42 Å². The second kappa shape index (κ2) is 6.65. The number of hydrogen-bond donors (Lipinski definition) is 2. The number of fused-ring (bicyclic) bond motifs is 2. The molecule has 0 unspecified atom stereocenters. The zero-order valence-electron chi connectivity index (χ0n) is 15.4. The number of anilines is 1. The van der Waals surface area contributed by atoms with Crippen molar-refractivity contribution in [1.29, 1.82) is 0 Å². The Kier molecular flexibility index (Phi) is 3.98. The molecule has 0 aliphatic carbocycles. The van der Waals surface area contributed by atoms with Gasteiger partial charge in [-0.2, -0.15) is 9.61 Å².